The van der Waals surface area contributed by atoms with Crippen molar-refractivity contribution >= 4 is 27.5 Å². The zero-order valence-electron chi connectivity index (χ0n) is 10.3. The van der Waals surface area contributed by atoms with Crippen LogP contribution >= 0.6 is 27.5 Å². The van der Waals surface area contributed by atoms with Crippen LogP contribution < -0.4 is 0 Å². The van der Waals surface area contributed by atoms with Crippen molar-refractivity contribution in [2.75, 3.05) is 0 Å². The molecule has 0 heterocycles. The first kappa shape index (κ1) is 14.5. The van der Waals surface area contributed by atoms with E-state index in [1.807, 2.05) is 12.1 Å². The van der Waals surface area contributed by atoms with Crippen LogP contribution in [0.2, 0.25) is 5.02 Å². The largest absolute Gasteiger partial charge is 0.385 e. The van der Waals surface area contributed by atoms with Gasteiger partial charge in [-0.05, 0) is 36.8 Å². The molecular weight excluding hydrogens is 331 g/mol. The maximum Gasteiger partial charge on any atom is 0.128 e. The monoisotopic (exact) mass is 342 g/mol. The second-order valence-corrected chi connectivity index (χ2v) is 5.98. The first-order valence-corrected chi connectivity index (χ1v) is 6.98. The summed E-state index contributed by atoms with van der Waals surface area (Å²) in [5.41, 5.74) is -0.126. The Hall–Kier alpha value is -0.900. The van der Waals surface area contributed by atoms with E-state index in [1.54, 1.807) is 31.2 Å². The lowest BCUT2D eigenvalue weighted by molar-refractivity contribution is 0.0567. The van der Waals surface area contributed by atoms with Crippen molar-refractivity contribution in [2.24, 2.45) is 0 Å². The van der Waals surface area contributed by atoms with Crippen molar-refractivity contribution in [3.8, 4) is 0 Å². The van der Waals surface area contributed by atoms with Gasteiger partial charge in [-0.15, -0.1) is 0 Å². The summed E-state index contributed by atoms with van der Waals surface area (Å²) in [6, 6.07) is 11.8. The molecule has 2 aromatic rings. The highest BCUT2D eigenvalue weighted by Gasteiger charge is 2.26. The molecule has 0 radical (unpaired) electrons. The molecule has 0 aliphatic rings. The Bertz CT molecular complexity index is 561. The average molecular weight is 344 g/mol. The minimum Gasteiger partial charge on any atom is -0.385 e. The summed E-state index contributed by atoms with van der Waals surface area (Å²) in [6.45, 7) is 1.65. The van der Waals surface area contributed by atoms with Gasteiger partial charge < -0.3 is 5.11 Å². The molecular formula is C15H13BrClFO. The molecule has 1 N–H and O–H groups in total. The molecule has 0 spiro atoms. The quantitative estimate of drug-likeness (QED) is 0.857. The van der Waals surface area contributed by atoms with E-state index in [0.717, 1.165) is 10.0 Å². The molecule has 0 amide bonds. The number of hydrogen-bond donors (Lipinski definition) is 1. The Balaban J connectivity index is 2.33. The van der Waals surface area contributed by atoms with Crippen LogP contribution in [0.25, 0.3) is 0 Å². The summed E-state index contributed by atoms with van der Waals surface area (Å²) < 4.78 is 14.7. The van der Waals surface area contributed by atoms with E-state index in [0.29, 0.717) is 10.6 Å². The minimum atomic E-state index is -1.17. The van der Waals surface area contributed by atoms with E-state index in [2.05, 4.69) is 15.9 Å². The zero-order valence-corrected chi connectivity index (χ0v) is 12.7. The second-order valence-electron chi connectivity index (χ2n) is 4.66. The maximum atomic E-state index is 13.8. The zero-order chi connectivity index (χ0) is 14.0. The molecule has 4 heteroatoms. The normalized spacial score (nSPS) is 14.2. The smallest absolute Gasteiger partial charge is 0.128 e. The molecule has 0 saturated heterocycles. The Kier molecular flexibility index (Phi) is 4.29. The molecule has 0 aromatic heterocycles. The maximum absolute atomic E-state index is 13.8. The molecule has 0 saturated carbocycles. The lowest BCUT2D eigenvalue weighted by Gasteiger charge is -2.25. The minimum absolute atomic E-state index is 0.125. The molecule has 0 aliphatic heterocycles. The molecule has 1 unspecified atom stereocenters. The molecule has 1 nitrogen and oxygen atoms in total. The van der Waals surface area contributed by atoms with Crippen molar-refractivity contribution in [3.63, 3.8) is 0 Å². The molecule has 19 heavy (non-hydrogen) atoms. The second kappa shape index (κ2) is 5.61. The van der Waals surface area contributed by atoms with Crippen LogP contribution in [0, 0.1) is 5.82 Å². The topological polar surface area (TPSA) is 20.2 Å². The Labute approximate surface area is 125 Å². The Morgan fingerprint density at radius 3 is 2.42 bits per heavy atom. The van der Waals surface area contributed by atoms with Gasteiger partial charge >= 0.3 is 0 Å². The fourth-order valence-corrected chi connectivity index (χ4v) is 2.45. The third kappa shape index (κ3) is 3.35. The summed E-state index contributed by atoms with van der Waals surface area (Å²) >= 11 is 9.33. The van der Waals surface area contributed by atoms with Gasteiger partial charge in [0.05, 0.1) is 5.60 Å². The number of benzene rings is 2. The fraction of sp³-hybridized carbons (Fsp3) is 0.200. The highest BCUT2D eigenvalue weighted by atomic mass is 79.9. The van der Waals surface area contributed by atoms with Gasteiger partial charge in [0.2, 0.25) is 0 Å². The van der Waals surface area contributed by atoms with E-state index in [1.165, 1.54) is 6.07 Å². The van der Waals surface area contributed by atoms with Crippen molar-refractivity contribution in [2.45, 2.75) is 18.9 Å². The van der Waals surface area contributed by atoms with E-state index < -0.39 is 11.4 Å². The van der Waals surface area contributed by atoms with Gasteiger partial charge in [0.15, 0.2) is 0 Å². The van der Waals surface area contributed by atoms with Crippen molar-refractivity contribution < 1.29 is 9.50 Å². The van der Waals surface area contributed by atoms with E-state index in [4.69, 9.17) is 11.6 Å². The van der Waals surface area contributed by atoms with Crippen molar-refractivity contribution in [3.05, 3.63) is 68.9 Å². The summed E-state index contributed by atoms with van der Waals surface area (Å²) in [5, 5.41) is 10.9. The van der Waals surface area contributed by atoms with Gasteiger partial charge in [0, 0.05) is 21.5 Å². The number of hydrogen-bond acceptors (Lipinski definition) is 1. The predicted octanol–water partition coefficient (Wildman–Crippen LogP) is 4.69. The van der Waals surface area contributed by atoms with Crippen LogP contribution in [-0.4, -0.2) is 5.11 Å². The third-order valence-corrected chi connectivity index (χ3v) is 3.93. The Morgan fingerprint density at radius 1 is 1.21 bits per heavy atom. The number of halogens is 3. The molecule has 1 atom stereocenters. The van der Waals surface area contributed by atoms with Crippen LogP contribution in [0.3, 0.4) is 0 Å². The van der Waals surface area contributed by atoms with Crippen LogP contribution in [0.1, 0.15) is 18.1 Å². The standard InChI is InChI=1S/C15H13BrClFO/c1-15(19,10-5-7-11(16)8-6-10)9-12-13(17)3-2-4-14(12)18/h2-8,19H,9H2,1H3. The highest BCUT2D eigenvalue weighted by molar-refractivity contribution is 9.10. The number of aliphatic hydroxyl groups is 1. The number of rotatable bonds is 3. The molecule has 2 rings (SSSR count). The van der Waals surface area contributed by atoms with Crippen LogP contribution in [0.15, 0.2) is 46.9 Å². The van der Waals surface area contributed by atoms with Crippen LogP contribution in [0.5, 0.6) is 0 Å². The summed E-state index contributed by atoms with van der Waals surface area (Å²) in [5.74, 6) is -0.398. The predicted molar refractivity (Wildman–Crippen MR) is 78.8 cm³/mol. The van der Waals surface area contributed by atoms with Gasteiger partial charge in [-0.1, -0.05) is 45.7 Å². The molecule has 2 aromatic carbocycles. The highest BCUT2D eigenvalue weighted by Crippen LogP contribution is 2.30. The Morgan fingerprint density at radius 2 is 1.84 bits per heavy atom. The van der Waals surface area contributed by atoms with Gasteiger partial charge in [0.25, 0.3) is 0 Å². The third-order valence-electron chi connectivity index (χ3n) is 3.05. The molecule has 0 bridgehead atoms. The fourth-order valence-electron chi connectivity index (χ4n) is 1.96. The summed E-state index contributed by atoms with van der Waals surface area (Å²) in [7, 11) is 0. The van der Waals surface area contributed by atoms with Gasteiger partial charge in [-0.25, -0.2) is 4.39 Å². The van der Waals surface area contributed by atoms with E-state index in [9.17, 15) is 9.50 Å². The summed E-state index contributed by atoms with van der Waals surface area (Å²) in [4.78, 5) is 0. The SMILES string of the molecule is CC(O)(Cc1c(F)cccc1Cl)c1ccc(Br)cc1. The molecule has 0 fully saturated rings. The molecule has 100 valence electrons. The summed E-state index contributed by atoms with van der Waals surface area (Å²) in [6.07, 6.45) is 0.125. The van der Waals surface area contributed by atoms with Crippen molar-refractivity contribution in [1.29, 1.82) is 0 Å². The van der Waals surface area contributed by atoms with Gasteiger partial charge in [-0.2, -0.15) is 0 Å². The lowest BCUT2D eigenvalue weighted by Crippen LogP contribution is -2.25. The van der Waals surface area contributed by atoms with E-state index in [-0.39, 0.29) is 6.42 Å². The first-order chi connectivity index (χ1) is 8.90. The molecule has 0 aliphatic carbocycles. The van der Waals surface area contributed by atoms with Crippen LogP contribution in [0.4, 0.5) is 4.39 Å². The average Bonchev–Trinajstić information content (AvgIpc) is 2.35. The van der Waals surface area contributed by atoms with E-state index >= 15 is 0 Å². The van der Waals surface area contributed by atoms with Crippen LogP contribution in [-0.2, 0) is 12.0 Å². The van der Waals surface area contributed by atoms with Gasteiger partial charge in [0.1, 0.15) is 5.82 Å². The first-order valence-electron chi connectivity index (χ1n) is 5.81. The van der Waals surface area contributed by atoms with Gasteiger partial charge in [-0.3, -0.25) is 0 Å². The lowest BCUT2D eigenvalue weighted by atomic mass is 9.89. The van der Waals surface area contributed by atoms with Crippen molar-refractivity contribution in [1.82, 2.24) is 0 Å².